The molecule has 0 heterocycles. The van der Waals surface area contributed by atoms with Crippen LogP contribution in [0.4, 0.5) is 5.69 Å². The number of hydrogen-bond acceptors (Lipinski definition) is 5. The fourth-order valence-electron chi connectivity index (χ4n) is 1.22. The van der Waals surface area contributed by atoms with Crippen LogP contribution in [0, 0.1) is 0 Å². The number of para-hydroxylation sites is 1. The van der Waals surface area contributed by atoms with E-state index in [0.29, 0.717) is 10.7 Å². The molecule has 1 rings (SSSR count). The molecular formula is C11H12ClN5O2S. The normalized spacial score (nSPS) is 11.9. The topological polar surface area (TPSA) is 112 Å². The van der Waals surface area contributed by atoms with Crippen molar-refractivity contribution in [2.24, 2.45) is 16.0 Å². The number of anilines is 1. The van der Waals surface area contributed by atoms with Gasteiger partial charge in [0.15, 0.2) is 10.8 Å². The molecule has 5 N–H and O–H groups in total. The van der Waals surface area contributed by atoms with E-state index < -0.39 is 5.91 Å². The van der Waals surface area contributed by atoms with Crippen LogP contribution < -0.4 is 16.5 Å². The lowest BCUT2D eigenvalue weighted by atomic mass is 10.2. The molecule has 0 aliphatic carbocycles. The molecule has 0 saturated carbocycles. The molecule has 20 heavy (non-hydrogen) atoms. The van der Waals surface area contributed by atoms with Gasteiger partial charge in [-0.25, -0.2) is 0 Å². The first-order valence-electron chi connectivity index (χ1n) is 5.33. The van der Waals surface area contributed by atoms with E-state index in [9.17, 15) is 4.79 Å². The fourth-order valence-corrected chi connectivity index (χ4v) is 1.45. The minimum atomic E-state index is -0.674. The van der Waals surface area contributed by atoms with Crippen LogP contribution in [0.3, 0.4) is 0 Å². The summed E-state index contributed by atoms with van der Waals surface area (Å²) in [7, 11) is 0. The highest BCUT2D eigenvalue weighted by Gasteiger charge is 2.17. The summed E-state index contributed by atoms with van der Waals surface area (Å²) in [5, 5.41) is 18.3. The van der Waals surface area contributed by atoms with E-state index in [0.717, 1.165) is 0 Å². The smallest absolute Gasteiger partial charge is 0.279 e. The van der Waals surface area contributed by atoms with Crippen molar-refractivity contribution in [3.8, 4) is 0 Å². The molecule has 106 valence electrons. The second kappa shape index (κ2) is 7.41. The maximum atomic E-state index is 11.9. The van der Waals surface area contributed by atoms with Gasteiger partial charge in [-0.3, -0.25) is 10.2 Å². The average Bonchev–Trinajstić information content (AvgIpc) is 2.40. The highest BCUT2D eigenvalue weighted by Crippen LogP contribution is 2.20. The van der Waals surface area contributed by atoms with Crippen LogP contribution in [0.2, 0.25) is 5.02 Å². The monoisotopic (exact) mass is 313 g/mol. The Morgan fingerprint density at radius 3 is 2.65 bits per heavy atom. The van der Waals surface area contributed by atoms with Crippen molar-refractivity contribution in [1.82, 2.24) is 5.43 Å². The van der Waals surface area contributed by atoms with E-state index in [-0.39, 0.29) is 16.5 Å². The van der Waals surface area contributed by atoms with Crippen LogP contribution >= 0.6 is 23.8 Å². The van der Waals surface area contributed by atoms with Gasteiger partial charge in [0.2, 0.25) is 0 Å². The average molecular weight is 314 g/mol. The second-order valence-electron chi connectivity index (χ2n) is 3.56. The lowest BCUT2D eigenvalue weighted by molar-refractivity contribution is -0.110. The summed E-state index contributed by atoms with van der Waals surface area (Å²) < 4.78 is 0. The number of rotatable bonds is 4. The SMILES string of the molecule is CC(=N\NC(N)=S)/C(=N\O)C(=O)Nc1ccccc1Cl. The van der Waals surface area contributed by atoms with Crippen molar-refractivity contribution in [3.05, 3.63) is 29.3 Å². The molecule has 0 aromatic heterocycles. The number of carbonyl (C=O) groups is 1. The highest BCUT2D eigenvalue weighted by atomic mass is 35.5. The molecule has 7 nitrogen and oxygen atoms in total. The number of nitrogens with two attached hydrogens (primary N) is 1. The van der Waals surface area contributed by atoms with Crippen molar-refractivity contribution >= 4 is 51.9 Å². The van der Waals surface area contributed by atoms with Crippen molar-refractivity contribution in [2.45, 2.75) is 6.92 Å². The Labute approximate surface area is 125 Å². The predicted octanol–water partition coefficient (Wildman–Crippen LogP) is 1.32. The van der Waals surface area contributed by atoms with E-state index in [2.05, 4.69) is 33.2 Å². The summed E-state index contributed by atoms with van der Waals surface area (Å²) in [5.41, 5.74) is 7.67. The molecule has 9 heteroatoms. The number of hydrogen-bond donors (Lipinski definition) is 4. The maximum absolute atomic E-state index is 11.9. The zero-order valence-corrected chi connectivity index (χ0v) is 12.0. The van der Waals surface area contributed by atoms with E-state index in [1.54, 1.807) is 24.3 Å². The molecule has 1 amide bonds. The summed E-state index contributed by atoms with van der Waals surface area (Å²) in [6.45, 7) is 1.45. The molecule has 0 radical (unpaired) electrons. The quantitative estimate of drug-likeness (QED) is 0.290. The molecule has 0 aliphatic rings. The first-order chi connectivity index (χ1) is 9.45. The summed E-state index contributed by atoms with van der Waals surface area (Å²) >= 11 is 10.5. The van der Waals surface area contributed by atoms with E-state index in [1.165, 1.54) is 6.92 Å². The molecule has 0 fully saturated rings. The zero-order valence-electron chi connectivity index (χ0n) is 10.4. The third-order valence-electron chi connectivity index (χ3n) is 2.11. The number of thiocarbonyl (C=S) groups is 1. The van der Waals surface area contributed by atoms with Crippen molar-refractivity contribution in [1.29, 1.82) is 0 Å². The van der Waals surface area contributed by atoms with Crippen LogP contribution in [0.25, 0.3) is 0 Å². The minimum absolute atomic E-state index is 0.0758. The number of benzene rings is 1. The molecule has 0 aliphatic heterocycles. The second-order valence-corrected chi connectivity index (χ2v) is 4.40. The van der Waals surface area contributed by atoms with Gasteiger partial charge in [0.05, 0.1) is 16.4 Å². The third-order valence-corrected chi connectivity index (χ3v) is 2.53. The van der Waals surface area contributed by atoms with E-state index in [4.69, 9.17) is 22.5 Å². The number of oxime groups is 1. The number of carbonyl (C=O) groups excluding carboxylic acids is 1. The number of nitrogens with one attached hydrogen (secondary N) is 2. The number of halogens is 1. The molecule has 0 saturated heterocycles. The van der Waals surface area contributed by atoms with Gasteiger partial charge < -0.3 is 16.3 Å². The lowest BCUT2D eigenvalue weighted by Gasteiger charge is -2.08. The molecule has 0 unspecified atom stereocenters. The summed E-state index contributed by atoms with van der Waals surface area (Å²) in [6.07, 6.45) is 0. The fraction of sp³-hybridized carbons (Fsp3) is 0.0909. The minimum Gasteiger partial charge on any atom is -0.410 e. The summed E-state index contributed by atoms with van der Waals surface area (Å²) in [5.74, 6) is -0.674. The van der Waals surface area contributed by atoms with Gasteiger partial charge in [-0.05, 0) is 31.3 Å². The standard InChI is InChI=1S/C11H12ClN5O2S/c1-6(15-16-11(13)20)9(17-19)10(18)14-8-5-3-2-4-7(8)12/h2-5,19H,1H3,(H,14,18)(H3,13,16,20)/b15-6+,17-9+. The number of hydrazone groups is 1. The first-order valence-corrected chi connectivity index (χ1v) is 6.12. The zero-order chi connectivity index (χ0) is 15.1. The molecule has 0 atom stereocenters. The van der Waals surface area contributed by atoms with Gasteiger partial charge in [-0.1, -0.05) is 28.9 Å². The maximum Gasteiger partial charge on any atom is 0.279 e. The van der Waals surface area contributed by atoms with Crippen molar-refractivity contribution < 1.29 is 10.0 Å². The van der Waals surface area contributed by atoms with Gasteiger partial charge in [-0.2, -0.15) is 5.10 Å². The molecule has 1 aromatic carbocycles. The summed E-state index contributed by atoms with van der Waals surface area (Å²) in [6, 6.07) is 6.64. The van der Waals surface area contributed by atoms with E-state index >= 15 is 0 Å². The van der Waals surface area contributed by atoms with Crippen LogP contribution in [0.5, 0.6) is 0 Å². The van der Waals surface area contributed by atoms with Crippen LogP contribution in [0.15, 0.2) is 34.5 Å². The molecular weight excluding hydrogens is 302 g/mol. The Morgan fingerprint density at radius 1 is 1.45 bits per heavy atom. The van der Waals surface area contributed by atoms with Crippen molar-refractivity contribution in [3.63, 3.8) is 0 Å². The Morgan fingerprint density at radius 2 is 2.10 bits per heavy atom. The summed E-state index contributed by atoms with van der Waals surface area (Å²) in [4.78, 5) is 11.9. The molecule has 0 bridgehead atoms. The number of amides is 1. The van der Waals surface area contributed by atoms with Crippen LogP contribution in [-0.4, -0.2) is 27.7 Å². The molecule has 1 aromatic rings. The largest absolute Gasteiger partial charge is 0.410 e. The van der Waals surface area contributed by atoms with Crippen LogP contribution in [0.1, 0.15) is 6.92 Å². The Bertz CT molecular complexity index is 588. The van der Waals surface area contributed by atoms with Gasteiger partial charge in [0.1, 0.15) is 0 Å². The first kappa shape index (κ1) is 15.9. The number of nitrogens with zero attached hydrogens (tertiary/aromatic N) is 2. The van der Waals surface area contributed by atoms with Gasteiger partial charge in [0, 0.05) is 0 Å². The van der Waals surface area contributed by atoms with Crippen LogP contribution in [-0.2, 0) is 4.79 Å². The lowest BCUT2D eigenvalue weighted by Crippen LogP contribution is -2.32. The Kier molecular flexibility index (Phi) is 5.88. The van der Waals surface area contributed by atoms with Gasteiger partial charge in [-0.15, -0.1) is 0 Å². The Hall–Kier alpha value is -2.19. The third kappa shape index (κ3) is 4.48. The predicted molar refractivity (Wildman–Crippen MR) is 82.3 cm³/mol. The van der Waals surface area contributed by atoms with Gasteiger partial charge in [0.25, 0.3) is 5.91 Å². The molecule has 0 spiro atoms. The highest BCUT2D eigenvalue weighted by molar-refractivity contribution is 7.80. The van der Waals surface area contributed by atoms with Crippen molar-refractivity contribution in [2.75, 3.05) is 5.32 Å². The van der Waals surface area contributed by atoms with Gasteiger partial charge >= 0.3 is 0 Å². The Balaban J connectivity index is 2.86. The van der Waals surface area contributed by atoms with E-state index in [1.807, 2.05) is 0 Å².